The van der Waals surface area contributed by atoms with E-state index in [9.17, 15) is 9.90 Å². The minimum Gasteiger partial charge on any atom is -0.393 e. The van der Waals surface area contributed by atoms with Crippen molar-refractivity contribution in [2.45, 2.75) is 82.4 Å². The molecule has 220 valence electrons. The zero-order chi connectivity index (χ0) is 29.0. The van der Waals surface area contributed by atoms with Crippen LogP contribution in [0.1, 0.15) is 84.9 Å². The number of likely N-dealkylation sites (tertiary alicyclic amines) is 1. The van der Waals surface area contributed by atoms with E-state index >= 15 is 4.39 Å². The number of carbonyl (C=O) groups is 1. The molecule has 0 bridgehead atoms. The lowest BCUT2D eigenvalue weighted by atomic mass is 9.89. The number of hydrogen-bond donors (Lipinski definition) is 2. The minimum atomic E-state index is -0.686. The Morgan fingerprint density at radius 1 is 1.02 bits per heavy atom. The van der Waals surface area contributed by atoms with Crippen LogP contribution in [0.3, 0.4) is 0 Å². The molecule has 1 aliphatic heterocycles. The molecule has 1 aromatic carbocycles. The molecule has 10 heteroatoms. The Morgan fingerprint density at radius 2 is 1.76 bits per heavy atom. The Hall–Kier alpha value is -3.63. The molecule has 0 unspecified atom stereocenters. The molecule has 4 aromatic rings. The molecular formula is C32H38FN7O2. The average Bonchev–Trinajstić information content (AvgIpc) is 3.72. The molecule has 2 N–H and O–H groups in total. The lowest BCUT2D eigenvalue weighted by Gasteiger charge is -2.32. The number of anilines is 1. The van der Waals surface area contributed by atoms with Crippen molar-refractivity contribution in [1.82, 2.24) is 29.2 Å². The molecule has 3 aliphatic rings. The van der Waals surface area contributed by atoms with Gasteiger partial charge in [0.25, 0.3) is 5.91 Å². The normalized spacial score (nSPS) is 22.1. The van der Waals surface area contributed by atoms with E-state index in [1.807, 2.05) is 6.92 Å². The van der Waals surface area contributed by atoms with E-state index in [0.29, 0.717) is 30.3 Å². The summed E-state index contributed by atoms with van der Waals surface area (Å²) in [7, 11) is 1.78. The molecule has 0 radical (unpaired) electrons. The van der Waals surface area contributed by atoms with Crippen LogP contribution < -0.4 is 5.32 Å². The van der Waals surface area contributed by atoms with Gasteiger partial charge in [-0.3, -0.25) is 19.8 Å². The van der Waals surface area contributed by atoms with Gasteiger partial charge >= 0.3 is 0 Å². The number of aromatic nitrogens is 5. The number of benzene rings is 1. The van der Waals surface area contributed by atoms with Crippen molar-refractivity contribution in [3.8, 4) is 11.3 Å². The Balaban J connectivity index is 1.20. The molecule has 0 spiro atoms. The molecule has 1 amide bonds. The fraction of sp³-hybridized carbons (Fsp3) is 0.500. The third kappa shape index (κ3) is 5.00. The fourth-order valence-corrected chi connectivity index (χ4v) is 6.89. The van der Waals surface area contributed by atoms with Crippen LogP contribution in [0.5, 0.6) is 0 Å². The number of pyridine rings is 1. The van der Waals surface area contributed by atoms with Crippen molar-refractivity contribution < 1.29 is 14.3 Å². The van der Waals surface area contributed by atoms with Crippen LogP contribution >= 0.6 is 0 Å². The number of fused-ring (bicyclic) bond motifs is 1. The standard InChI is InChI=1S/C32H38FN7O2/c1-19-26(18-35-38(19)2)30-29(33)25(11-14-34-30)31(42)37-32-36-27-17-21(20-12-15-39(16-13-20)22-4-5-22)3-10-28(27)40(32)23-6-8-24(41)9-7-23/h3,10-11,14,17-18,20,22-24,41H,4-9,12-13,15-16H2,1-2H3,(H,36,37,42). The van der Waals surface area contributed by atoms with Crippen LogP contribution in [0, 0.1) is 12.7 Å². The van der Waals surface area contributed by atoms with Gasteiger partial charge in [0.2, 0.25) is 5.95 Å². The molecule has 2 saturated carbocycles. The van der Waals surface area contributed by atoms with E-state index in [4.69, 9.17) is 4.98 Å². The predicted octanol–water partition coefficient (Wildman–Crippen LogP) is 5.35. The SMILES string of the molecule is Cc1c(-c2nccc(C(=O)Nc3nc4cc(C5CCN(C6CC6)CC5)ccc4n3C3CCC(O)CC3)c2F)cnn1C. The number of hydrogen-bond acceptors (Lipinski definition) is 6. The van der Waals surface area contributed by atoms with Crippen molar-refractivity contribution in [1.29, 1.82) is 0 Å². The second kappa shape index (κ2) is 10.9. The summed E-state index contributed by atoms with van der Waals surface area (Å²) >= 11 is 0. The molecule has 3 aromatic heterocycles. The molecule has 42 heavy (non-hydrogen) atoms. The summed E-state index contributed by atoms with van der Waals surface area (Å²) in [4.78, 5) is 25.3. The molecule has 4 heterocycles. The highest BCUT2D eigenvalue weighted by atomic mass is 19.1. The van der Waals surface area contributed by atoms with Gasteiger partial charge < -0.3 is 14.6 Å². The summed E-state index contributed by atoms with van der Waals surface area (Å²) in [6.07, 6.45) is 10.6. The number of carbonyl (C=O) groups excluding carboxylic acids is 1. The number of aliphatic hydroxyl groups is 1. The number of nitrogens with zero attached hydrogens (tertiary/aromatic N) is 6. The minimum absolute atomic E-state index is 0.0808. The maximum Gasteiger partial charge on any atom is 0.261 e. The van der Waals surface area contributed by atoms with Crippen molar-refractivity contribution in [2.75, 3.05) is 18.4 Å². The number of aliphatic hydroxyl groups excluding tert-OH is 1. The quantitative estimate of drug-likeness (QED) is 0.324. The fourth-order valence-electron chi connectivity index (χ4n) is 6.89. The van der Waals surface area contributed by atoms with E-state index < -0.39 is 11.7 Å². The number of imidazole rings is 1. The lowest BCUT2D eigenvalue weighted by molar-refractivity contribution is 0.101. The van der Waals surface area contributed by atoms with E-state index in [2.05, 4.69) is 43.1 Å². The molecule has 9 nitrogen and oxygen atoms in total. The van der Waals surface area contributed by atoms with Crippen LogP contribution in [0.15, 0.2) is 36.7 Å². The molecule has 3 fully saturated rings. The van der Waals surface area contributed by atoms with Crippen molar-refractivity contribution in [3.63, 3.8) is 0 Å². The number of amides is 1. The van der Waals surface area contributed by atoms with E-state index in [1.54, 1.807) is 17.9 Å². The zero-order valence-electron chi connectivity index (χ0n) is 24.3. The van der Waals surface area contributed by atoms with Crippen LogP contribution in [0.4, 0.5) is 10.3 Å². The first-order valence-electron chi connectivity index (χ1n) is 15.3. The number of piperidine rings is 1. The Bertz CT molecular complexity index is 1630. The Kier molecular flexibility index (Phi) is 7.06. The van der Waals surface area contributed by atoms with Gasteiger partial charge in [-0.2, -0.15) is 5.10 Å². The summed E-state index contributed by atoms with van der Waals surface area (Å²) in [6.45, 7) is 4.13. The maximum absolute atomic E-state index is 15.7. The van der Waals surface area contributed by atoms with Crippen molar-refractivity contribution >= 4 is 22.9 Å². The summed E-state index contributed by atoms with van der Waals surface area (Å²) in [5, 5.41) is 17.3. The van der Waals surface area contributed by atoms with Crippen LogP contribution in [0.2, 0.25) is 0 Å². The third-order valence-corrected chi connectivity index (χ3v) is 9.66. The highest BCUT2D eigenvalue weighted by molar-refractivity contribution is 6.05. The van der Waals surface area contributed by atoms with Crippen LogP contribution in [-0.2, 0) is 7.05 Å². The van der Waals surface area contributed by atoms with Gasteiger partial charge in [0, 0.05) is 36.6 Å². The molecular weight excluding hydrogens is 533 g/mol. The molecule has 7 rings (SSSR count). The summed E-state index contributed by atoms with van der Waals surface area (Å²) < 4.78 is 19.5. The van der Waals surface area contributed by atoms with Gasteiger partial charge in [-0.1, -0.05) is 6.07 Å². The zero-order valence-corrected chi connectivity index (χ0v) is 24.3. The topological polar surface area (TPSA) is 101 Å². The van der Waals surface area contributed by atoms with E-state index in [0.717, 1.165) is 61.5 Å². The number of rotatable bonds is 6. The smallest absolute Gasteiger partial charge is 0.261 e. The van der Waals surface area contributed by atoms with Gasteiger partial charge in [-0.05, 0) is 101 Å². The average molecular weight is 572 g/mol. The second-order valence-corrected chi connectivity index (χ2v) is 12.3. The number of nitrogens with one attached hydrogen (secondary N) is 1. The monoisotopic (exact) mass is 571 g/mol. The largest absolute Gasteiger partial charge is 0.393 e. The van der Waals surface area contributed by atoms with Gasteiger partial charge in [-0.15, -0.1) is 0 Å². The number of aryl methyl sites for hydroxylation is 1. The van der Waals surface area contributed by atoms with Crippen molar-refractivity contribution in [3.05, 3.63) is 59.3 Å². The van der Waals surface area contributed by atoms with Gasteiger partial charge in [0.1, 0.15) is 5.69 Å². The molecule has 2 aliphatic carbocycles. The molecule has 0 atom stereocenters. The van der Waals surface area contributed by atoms with Crippen molar-refractivity contribution in [2.24, 2.45) is 7.05 Å². The first-order valence-corrected chi connectivity index (χ1v) is 15.3. The highest BCUT2D eigenvalue weighted by Crippen LogP contribution is 2.38. The first-order chi connectivity index (χ1) is 20.4. The Labute approximate surface area is 244 Å². The van der Waals surface area contributed by atoms with E-state index in [-0.39, 0.29) is 23.4 Å². The van der Waals surface area contributed by atoms with E-state index in [1.165, 1.54) is 30.7 Å². The predicted molar refractivity (Wildman–Crippen MR) is 159 cm³/mol. The summed E-state index contributed by atoms with van der Waals surface area (Å²) in [5.74, 6) is -0.350. The van der Waals surface area contributed by atoms with Crippen LogP contribution in [0.25, 0.3) is 22.3 Å². The maximum atomic E-state index is 15.7. The molecule has 1 saturated heterocycles. The third-order valence-electron chi connectivity index (χ3n) is 9.66. The Morgan fingerprint density at radius 3 is 2.45 bits per heavy atom. The van der Waals surface area contributed by atoms with Gasteiger partial charge in [0.15, 0.2) is 5.82 Å². The highest BCUT2D eigenvalue weighted by Gasteiger charge is 2.33. The number of halogens is 1. The lowest BCUT2D eigenvalue weighted by Crippen LogP contribution is -2.34. The van der Waals surface area contributed by atoms with Crippen LogP contribution in [-0.4, -0.2) is 65.5 Å². The summed E-state index contributed by atoms with van der Waals surface area (Å²) in [5.41, 5.74) is 4.39. The van der Waals surface area contributed by atoms with Gasteiger partial charge in [-0.25, -0.2) is 9.37 Å². The second-order valence-electron chi connectivity index (χ2n) is 12.3. The summed E-state index contributed by atoms with van der Waals surface area (Å²) in [6, 6.07) is 8.80. The first kappa shape index (κ1) is 27.2. The van der Waals surface area contributed by atoms with Gasteiger partial charge in [0.05, 0.1) is 28.9 Å².